The van der Waals surface area contributed by atoms with Gasteiger partial charge in [-0.15, -0.1) is 0 Å². The summed E-state index contributed by atoms with van der Waals surface area (Å²) in [4.78, 5) is 15.8. The molecule has 0 fully saturated rings. The van der Waals surface area contributed by atoms with Crippen LogP contribution in [-0.4, -0.2) is 52.0 Å². The van der Waals surface area contributed by atoms with Crippen LogP contribution < -0.4 is 14.8 Å². The van der Waals surface area contributed by atoms with E-state index >= 15 is 0 Å². The summed E-state index contributed by atoms with van der Waals surface area (Å²) in [5.74, 6) is 1.30. The molecular formula is C30H36N2O4. The summed E-state index contributed by atoms with van der Waals surface area (Å²) in [7, 11) is 5.60. The second kappa shape index (κ2) is 13.5. The van der Waals surface area contributed by atoms with Crippen LogP contribution in [0, 0.1) is 6.92 Å². The summed E-state index contributed by atoms with van der Waals surface area (Å²) >= 11 is 0. The highest BCUT2D eigenvalue weighted by Crippen LogP contribution is 2.33. The van der Waals surface area contributed by atoms with Gasteiger partial charge in [-0.25, -0.2) is 0 Å². The molecule has 3 rings (SSSR count). The molecule has 36 heavy (non-hydrogen) atoms. The molecule has 6 heteroatoms. The van der Waals surface area contributed by atoms with Gasteiger partial charge >= 0.3 is 0 Å². The van der Waals surface area contributed by atoms with Crippen molar-refractivity contribution in [2.75, 3.05) is 46.5 Å². The number of likely N-dealkylation sites (N-methyl/N-ethyl adjacent to an activating group) is 1. The SMILES string of the molecule is CC/C(=C(/C(=O)Nc1ccc(OCCN(C)C)cc1)c1ccc(OCOC)cc1C)c1ccccc1. The number of hydrogen-bond donors (Lipinski definition) is 1. The van der Waals surface area contributed by atoms with Gasteiger partial charge in [0.05, 0.1) is 5.57 Å². The van der Waals surface area contributed by atoms with E-state index in [4.69, 9.17) is 14.2 Å². The van der Waals surface area contributed by atoms with Crippen molar-refractivity contribution in [2.24, 2.45) is 0 Å². The molecule has 0 spiro atoms. The Morgan fingerprint density at radius 3 is 2.22 bits per heavy atom. The van der Waals surface area contributed by atoms with Crippen molar-refractivity contribution in [3.63, 3.8) is 0 Å². The third-order valence-corrected chi connectivity index (χ3v) is 5.73. The molecule has 6 nitrogen and oxygen atoms in total. The minimum absolute atomic E-state index is 0.161. The molecule has 3 aromatic carbocycles. The van der Waals surface area contributed by atoms with Crippen LogP contribution in [0.1, 0.15) is 30.0 Å². The summed E-state index contributed by atoms with van der Waals surface area (Å²) in [6.45, 7) is 5.66. The van der Waals surface area contributed by atoms with Gasteiger partial charge in [-0.2, -0.15) is 0 Å². The maximum Gasteiger partial charge on any atom is 0.256 e. The van der Waals surface area contributed by atoms with Crippen molar-refractivity contribution in [2.45, 2.75) is 20.3 Å². The number of aryl methyl sites for hydroxylation is 1. The standard InChI is InChI=1S/C30H36N2O4/c1-6-27(23-10-8-7-9-11-23)29(28-17-16-26(20-22(28)2)36-21-34-5)30(33)31-24-12-14-25(15-13-24)35-19-18-32(3)4/h7-17,20H,6,18-19,21H2,1-5H3,(H,31,33)/b29-27-. The van der Waals surface area contributed by atoms with Gasteiger partial charge in [-0.05, 0) is 86.1 Å². The average molecular weight is 489 g/mol. The number of amides is 1. The van der Waals surface area contributed by atoms with Gasteiger partial charge < -0.3 is 24.4 Å². The zero-order chi connectivity index (χ0) is 25.9. The zero-order valence-corrected chi connectivity index (χ0v) is 21.8. The van der Waals surface area contributed by atoms with E-state index < -0.39 is 0 Å². The third-order valence-electron chi connectivity index (χ3n) is 5.73. The van der Waals surface area contributed by atoms with E-state index in [2.05, 4.69) is 17.1 Å². The van der Waals surface area contributed by atoms with Gasteiger partial charge in [0.1, 0.15) is 18.1 Å². The summed E-state index contributed by atoms with van der Waals surface area (Å²) in [5, 5.41) is 3.09. The highest BCUT2D eigenvalue weighted by Gasteiger charge is 2.20. The predicted octanol–water partition coefficient (Wildman–Crippen LogP) is 5.88. The van der Waals surface area contributed by atoms with Crippen LogP contribution in [0.15, 0.2) is 72.8 Å². The van der Waals surface area contributed by atoms with E-state index in [0.29, 0.717) is 30.0 Å². The molecule has 190 valence electrons. The number of nitrogens with zero attached hydrogens (tertiary/aromatic N) is 1. The highest BCUT2D eigenvalue weighted by molar-refractivity contribution is 6.31. The lowest BCUT2D eigenvalue weighted by Gasteiger charge is -2.18. The first-order valence-corrected chi connectivity index (χ1v) is 12.1. The molecule has 0 bridgehead atoms. The Bertz CT molecular complexity index is 1160. The van der Waals surface area contributed by atoms with Crippen LogP contribution in [0.25, 0.3) is 11.1 Å². The Balaban J connectivity index is 1.93. The minimum atomic E-state index is -0.161. The topological polar surface area (TPSA) is 60.0 Å². The minimum Gasteiger partial charge on any atom is -0.492 e. The smallest absolute Gasteiger partial charge is 0.256 e. The quantitative estimate of drug-likeness (QED) is 0.196. The number of nitrogens with one attached hydrogen (secondary N) is 1. The normalized spacial score (nSPS) is 11.7. The van der Waals surface area contributed by atoms with Crippen LogP contribution in [0.4, 0.5) is 5.69 Å². The van der Waals surface area contributed by atoms with E-state index in [-0.39, 0.29) is 12.7 Å². The number of allylic oxidation sites excluding steroid dienone is 1. The average Bonchev–Trinajstić information content (AvgIpc) is 2.88. The highest BCUT2D eigenvalue weighted by atomic mass is 16.7. The summed E-state index contributed by atoms with van der Waals surface area (Å²) in [6.07, 6.45) is 0.701. The van der Waals surface area contributed by atoms with Crippen LogP contribution in [0.2, 0.25) is 0 Å². The van der Waals surface area contributed by atoms with Gasteiger partial charge in [0.2, 0.25) is 0 Å². The molecule has 0 heterocycles. The molecule has 0 unspecified atom stereocenters. The first-order valence-electron chi connectivity index (χ1n) is 12.1. The molecule has 1 N–H and O–H groups in total. The molecule has 3 aromatic rings. The first kappa shape index (κ1) is 27.0. The number of hydrogen-bond acceptors (Lipinski definition) is 5. The lowest BCUT2D eigenvalue weighted by molar-refractivity contribution is -0.111. The van der Waals surface area contributed by atoms with Crippen LogP contribution >= 0.6 is 0 Å². The van der Waals surface area contributed by atoms with E-state index in [9.17, 15) is 4.79 Å². The molecule has 0 aliphatic rings. The van der Waals surface area contributed by atoms with Crippen molar-refractivity contribution in [3.8, 4) is 11.5 Å². The molecule has 0 saturated carbocycles. The van der Waals surface area contributed by atoms with Gasteiger partial charge in [0, 0.05) is 19.3 Å². The predicted molar refractivity (Wildman–Crippen MR) is 146 cm³/mol. The Hall–Kier alpha value is -3.61. The van der Waals surface area contributed by atoms with Gasteiger partial charge in [0.25, 0.3) is 5.91 Å². The van der Waals surface area contributed by atoms with Crippen molar-refractivity contribution >= 4 is 22.7 Å². The van der Waals surface area contributed by atoms with Crippen LogP contribution in [-0.2, 0) is 9.53 Å². The van der Waals surface area contributed by atoms with Crippen molar-refractivity contribution < 1.29 is 19.0 Å². The van der Waals surface area contributed by atoms with E-state index in [1.54, 1.807) is 7.11 Å². The van der Waals surface area contributed by atoms with Crippen LogP contribution in [0.3, 0.4) is 0 Å². The molecule has 0 radical (unpaired) electrons. The molecule has 1 amide bonds. The lowest BCUT2D eigenvalue weighted by Crippen LogP contribution is -2.19. The number of rotatable bonds is 12. The monoisotopic (exact) mass is 488 g/mol. The third kappa shape index (κ3) is 7.44. The molecule has 0 atom stereocenters. The maximum absolute atomic E-state index is 13.8. The van der Waals surface area contributed by atoms with Gasteiger partial charge in [0.15, 0.2) is 6.79 Å². The number of ether oxygens (including phenoxy) is 3. The first-order chi connectivity index (χ1) is 17.4. The van der Waals surface area contributed by atoms with Crippen LogP contribution in [0.5, 0.6) is 11.5 Å². The Morgan fingerprint density at radius 2 is 1.61 bits per heavy atom. The molecule has 0 saturated heterocycles. The molecular weight excluding hydrogens is 452 g/mol. The fourth-order valence-electron chi connectivity index (χ4n) is 3.89. The summed E-state index contributed by atoms with van der Waals surface area (Å²) in [5.41, 5.74) is 5.16. The van der Waals surface area contributed by atoms with Crippen molar-refractivity contribution in [1.29, 1.82) is 0 Å². The fraction of sp³-hybridized carbons (Fsp3) is 0.300. The number of carbonyl (C=O) groups is 1. The van der Waals surface area contributed by atoms with E-state index in [0.717, 1.165) is 34.6 Å². The number of methoxy groups -OCH3 is 1. The molecule has 0 aromatic heterocycles. The fourth-order valence-corrected chi connectivity index (χ4v) is 3.89. The summed E-state index contributed by atoms with van der Waals surface area (Å²) < 4.78 is 16.4. The van der Waals surface area contributed by atoms with E-state index in [1.807, 2.05) is 93.8 Å². The Labute approximate surface area is 214 Å². The number of benzene rings is 3. The largest absolute Gasteiger partial charge is 0.492 e. The second-order valence-electron chi connectivity index (χ2n) is 8.73. The summed E-state index contributed by atoms with van der Waals surface area (Å²) in [6, 6.07) is 23.3. The molecule has 0 aliphatic carbocycles. The Kier molecular flexibility index (Phi) is 10.1. The van der Waals surface area contributed by atoms with Crippen molar-refractivity contribution in [1.82, 2.24) is 4.90 Å². The maximum atomic E-state index is 13.8. The number of anilines is 1. The second-order valence-corrected chi connectivity index (χ2v) is 8.73. The Morgan fingerprint density at radius 1 is 0.917 bits per heavy atom. The van der Waals surface area contributed by atoms with Gasteiger partial charge in [-0.1, -0.05) is 43.3 Å². The van der Waals surface area contributed by atoms with E-state index in [1.165, 1.54) is 0 Å². The number of carbonyl (C=O) groups excluding carboxylic acids is 1. The molecule has 0 aliphatic heterocycles. The van der Waals surface area contributed by atoms with Gasteiger partial charge in [-0.3, -0.25) is 4.79 Å². The zero-order valence-electron chi connectivity index (χ0n) is 21.8. The van der Waals surface area contributed by atoms with Crippen molar-refractivity contribution in [3.05, 3.63) is 89.5 Å². The lowest BCUT2D eigenvalue weighted by atomic mass is 9.90.